The number of carbonyl (C=O) groups is 1. The van der Waals surface area contributed by atoms with Crippen LogP contribution in [0.25, 0.3) is 17.0 Å². The average Bonchev–Trinajstić information content (AvgIpc) is 2.95. The zero-order valence-electron chi connectivity index (χ0n) is 13.3. The molecule has 1 amide bonds. The zero-order valence-corrected chi connectivity index (χ0v) is 14.1. The van der Waals surface area contributed by atoms with E-state index in [9.17, 15) is 4.79 Å². The quantitative estimate of drug-likeness (QED) is 0.675. The topological polar surface area (TPSA) is 51.5 Å². The minimum atomic E-state index is -0.270. The van der Waals surface area contributed by atoms with Crippen molar-refractivity contribution in [1.82, 2.24) is 0 Å². The van der Waals surface area contributed by atoms with Gasteiger partial charge in [0.15, 0.2) is 0 Å². The highest BCUT2D eigenvalue weighted by atomic mass is 35.5. The van der Waals surface area contributed by atoms with E-state index in [1.165, 1.54) is 13.2 Å². The van der Waals surface area contributed by atoms with Crippen LogP contribution in [0.4, 0.5) is 5.69 Å². The second-order valence-electron chi connectivity index (χ2n) is 5.36. The standard InChI is InChI=1S/C19H16ClNO3/c1-12-3-4-13-10-15(24-18(13)9-12)6-8-19(22)21-14-5-7-17(23-2)16(20)11-14/h3-11H,1-2H3,(H,21,22). The molecule has 122 valence electrons. The van der Waals surface area contributed by atoms with Gasteiger partial charge in [-0.2, -0.15) is 0 Å². The number of fused-ring (bicyclic) bond motifs is 1. The largest absolute Gasteiger partial charge is 0.495 e. The normalized spacial score (nSPS) is 11.1. The van der Waals surface area contributed by atoms with Crippen LogP contribution in [-0.2, 0) is 4.79 Å². The van der Waals surface area contributed by atoms with E-state index in [2.05, 4.69) is 5.32 Å². The molecule has 0 unspecified atom stereocenters. The Hall–Kier alpha value is -2.72. The summed E-state index contributed by atoms with van der Waals surface area (Å²) in [5.74, 6) is 0.911. The van der Waals surface area contributed by atoms with Crippen molar-refractivity contribution in [3.63, 3.8) is 0 Å². The van der Waals surface area contributed by atoms with Crippen LogP contribution in [0.2, 0.25) is 5.02 Å². The molecule has 24 heavy (non-hydrogen) atoms. The lowest BCUT2D eigenvalue weighted by Crippen LogP contribution is -2.07. The molecule has 3 aromatic rings. The maximum atomic E-state index is 12.0. The Labute approximate surface area is 144 Å². The first-order valence-electron chi connectivity index (χ1n) is 7.38. The summed E-state index contributed by atoms with van der Waals surface area (Å²) in [6, 6.07) is 12.9. The fraction of sp³-hybridized carbons (Fsp3) is 0.105. The zero-order chi connectivity index (χ0) is 17.1. The Bertz CT molecular complexity index is 928. The van der Waals surface area contributed by atoms with E-state index < -0.39 is 0 Å². The van der Waals surface area contributed by atoms with Gasteiger partial charge < -0.3 is 14.5 Å². The van der Waals surface area contributed by atoms with E-state index in [4.69, 9.17) is 20.8 Å². The highest BCUT2D eigenvalue weighted by Crippen LogP contribution is 2.27. The number of hydrogen-bond donors (Lipinski definition) is 1. The first kappa shape index (κ1) is 16.1. The van der Waals surface area contributed by atoms with Gasteiger partial charge in [0.25, 0.3) is 0 Å². The molecule has 0 radical (unpaired) electrons. The van der Waals surface area contributed by atoms with Crippen molar-refractivity contribution in [2.24, 2.45) is 0 Å². The third-order valence-electron chi connectivity index (χ3n) is 3.51. The molecular formula is C19H16ClNO3. The molecule has 3 rings (SSSR count). The lowest BCUT2D eigenvalue weighted by molar-refractivity contribution is -0.111. The van der Waals surface area contributed by atoms with E-state index in [0.717, 1.165) is 16.5 Å². The number of halogens is 1. The van der Waals surface area contributed by atoms with Gasteiger partial charge in [0.1, 0.15) is 17.1 Å². The maximum absolute atomic E-state index is 12.0. The van der Waals surface area contributed by atoms with E-state index >= 15 is 0 Å². The second kappa shape index (κ2) is 6.81. The van der Waals surface area contributed by atoms with Crippen molar-refractivity contribution in [1.29, 1.82) is 0 Å². The smallest absolute Gasteiger partial charge is 0.248 e. The minimum Gasteiger partial charge on any atom is -0.495 e. The molecule has 1 heterocycles. The molecule has 0 saturated heterocycles. The number of furan rings is 1. The minimum absolute atomic E-state index is 0.270. The molecule has 1 N–H and O–H groups in total. The van der Waals surface area contributed by atoms with Crippen LogP contribution in [-0.4, -0.2) is 13.0 Å². The number of benzene rings is 2. The van der Waals surface area contributed by atoms with Crippen LogP contribution in [0.5, 0.6) is 5.75 Å². The summed E-state index contributed by atoms with van der Waals surface area (Å²) in [6.45, 7) is 2.00. The third kappa shape index (κ3) is 3.60. The van der Waals surface area contributed by atoms with Gasteiger partial charge in [0, 0.05) is 17.1 Å². The summed E-state index contributed by atoms with van der Waals surface area (Å²) in [4.78, 5) is 12.0. The van der Waals surface area contributed by atoms with Gasteiger partial charge in [-0.1, -0.05) is 23.7 Å². The number of anilines is 1. The first-order valence-corrected chi connectivity index (χ1v) is 7.76. The maximum Gasteiger partial charge on any atom is 0.248 e. The Morgan fingerprint density at radius 1 is 1.21 bits per heavy atom. The predicted octanol–water partition coefficient (Wildman–Crippen LogP) is 5.06. The average molecular weight is 342 g/mol. The number of amides is 1. The summed E-state index contributed by atoms with van der Waals surface area (Å²) in [6.07, 6.45) is 3.05. The lowest BCUT2D eigenvalue weighted by Gasteiger charge is -2.06. The number of hydrogen-bond acceptors (Lipinski definition) is 3. The summed E-state index contributed by atoms with van der Waals surface area (Å²) in [7, 11) is 1.54. The Morgan fingerprint density at radius 3 is 2.79 bits per heavy atom. The van der Waals surface area contributed by atoms with Crippen LogP contribution in [0, 0.1) is 6.92 Å². The Kier molecular flexibility index (Phi) is 4.58. The molecule has 4 nitrogen and oxygen atoms in total. The number of methoxy groups -OCH3 is 1. The monoisotopic (exact) mass is 341 g/mol. The molecule has 0 aliphatic heterocycles. The van der Waals surface area contributed by atoms with E-state index in [1.54, 1.807) is 24.3 Å². The summed E-state index contributed by atoms with van der Waals surface area (Å²) in [5, 5.41) is 4.18. The van der Waals surface area contributed by atoms with E-state index in [-0.39, 0.29) is 5.91 Å². The van der Waals surface area contributed by atoms with Gasteiger partial charge in [0.05, 0.1) is 12.1 Å². The highest BCUT2D eigenvalue weighted by Gasteiger charge is 2.05. The number of aryl methyl sites for hydroxylation is 1. The third-order valence-corrected chi connectivity index (χ3v) is 3.81. The Balaban J connectivity index is 1.71. The summed E-state index contributed by atoms with van der Waals surface area (Å²) in [5.41, 5.74) is 2.52. The molecule has 0 aliphatic rings. The lowest BCUT2D eigenvalue weighted by atomic mass is 10.2. The van der Waals surface area contributed by atoms with Crippen LogP contribution < -0.4 is 10.1 Å². The molecule has 1 aromatic heterocycles. The molecule has 0 spiro atoms. The van der Waals surface area contributed by atoms with Gasteiger partial charge in [-0.05, 0) is 48.9 Å². The van der Waals surface area contributed by atoms with Crippen LogP contribution in [0.3, 0.4) is 0 Å². The van der Waals surface area contributed by atoms with Crippen molar-refractivity contribution < 1.29 is 13.9 Å². The Morgan fingerprint density at radius 2 is 2.04 bits per heavy atom. The highest BCUT2D eigenvalue weighted by molar-refractivity contribution is 6.32. The molecule has 0 aliphatic carbocycles. The molecular weight excluding hydrogens is 326 g/mol. The number of nitrogens with one attached hydrogen (secondary N) is 1. The first-order chi connectivity index (χ1) is 11.5. The van der Waals surface area contributed by atoms with Gasteiger partial charge in [-0.15, -0.1) is 0 Å². The van der Waals surface area contributed by atoms with Crippen LogP contribution >= 0.6 is 11.6 Å². The molecule has 2 aromatic carbocycles. The number of rotatable bonds is 4. The van der Waals surface area contributed by atoms with E-state index in [1.807, 2.05) is 31.2 Å². The van der Waals surface area contributed by atoms with E-state index in [0.29, 0.717) is 22.2 Å². The van der Waals surface area contributed by atoms with Crippen molar-refractivity contribution in [3.8, 4) is 5.75 Å². The van der Waals surface area contributed by atoms with Crippen molar-refractivity contribution in [3.05, 3.63) is 64.9 Å². The fourth-order valence-corrected chi connectivity index (χ4v) is 2.58. The SMILES string of the molecule is COc1ccc(NC(=O)C=Cc2cc3ccc(C)cc3o2)cc1Cl. The predicted molar refractivity (Wildman–Crippen MR) is 96.6 cm³/mol. The summed E-state index contributed by atoms with van der Waals surface area (Å²) >= 11 is 6.03. The van der Waals surface area contributed by atoms with Crippen LogP contribution in [0.15, 0.2) is 53.0 Å². The van der Waals surface area contributed by atoms with Gasteiger partial charge in [0.2, 0.25) is 5.91 Å². The summed E-state index contributed by atoms with van der Waals surface area (Å²) < 4.78 is 10.8. The number of carbonyl (C=O) groups excluding carboxylic acids is 1. The molecule has 0 bridgehead atoms. The van der Waals surface area contributed by atoms with Crippen LogP contribution in [0.1, 0.15) is 11.3 Å². The molecule has 0 saturated carbocycles. The van der Waals surface area contributed by atoms with Crippen molar-refractivity contribution in [2.45, 2.75) is 6.92 Å². The van der Waals surface area contributed by atoms with Crippen molar-refractivity contribution >= 4 is 40.2 Å². The molecule has 5 heteroatoms. The number of ether oxygens (including phenoxy) is 1. The molecule has 0 fully saturated rings. The van der Waals surface area contributed by atoms with Crippen molar-refractivity contribution in [2.75, 3.05) is 12.4 Å². The van der Waals surface area contributed by atoms with Gasteiger partial charge in [-0.25, -0.2) is 0 Å². The van der Waals surface area contributed by atoms with Gasteiger partial charge in [-0.3, -0.25) is 4.79 Å². The molecule has 0 atom stereocenters. The van der Waals surface area contributed by atoms with Gasteiger partial charge >= 0.3 is 0 Å². The fourth-order valence-electron chi connectivity index (χ4n) is 2.33. The second-order valence-corrected chi connectivity index (χ2v) is 5.77.